The maximum absolute atomic E-state index is 12.5. The minimum Gasteiger partial charge on any atom is -0.497 e. The first-order valence-electron chi connectivity index (χ1n) is 7.15. The Morgan fingerprint density at radius 2 is 2.04 bits per heavy atom. The second-order valence-electron chi connectivity index (χ2n) is 5.38. The number of pyridine rings is 1. The summed E-state index contributed by atoms with van der Waals surface area (Å²) < 4.78 is 11.1. The molecule has 0 saturated carbocycles. The van der Waals surface area contributed by atoms with Crippen molar-refractivity contribution in [1.29, 1.82) is 5.26 Å². The Balaban J connectivity index is 2.28. The van der Waals surface area contributed by atoms with Crippen molar-refractivity contribution in [2.24, 2.45) is 5.73 Å². The molecule has 0 spiro atoms. The van der Waals surface area contributed by atoms with Gasteiger partial charge in [-0.1, -0.05) is 12.1 Å². The van der Waals surface area contributed by atoms with Crippen LogP contribution in [0.2, 0.25) is 0 Å². The van der Waals surface area contributed by atoms with Crippen LogP contribution in [-0.2, 0) is 0 Å². The van der Waals surface area contributed by atoms with Crippen molar-refractivity contribution >= 4 is 0 Å². The zero-order valence-electron chi connectivity index (χ0n) is 13.1. The van der Waals surface area contributed by atoms with Crippen molar-refractivity contribution in [3.8, 4) is 17.6 Å². The van der Waals surface area contributed by atoms with Gasteiger partial charge >= 0.3 is 0 Å². The molecule has 1 aromatic carbocycles. The summed E-state index contributed by atoms with van der Waals surface area (Å²) in [5.74, 6) is 0.0987. The lowest BCUT2D eigenvalue weighted by atomic mass is 9.84. The van der Waals surface area contributed by atoms with E-state index in [0.717, 1.165) is 0 Å². The number of nitrogens with two attached hydrogens (primary N) is 1. The van der Waals surface area contributed by atoms with Crippen LogP contribution in [0, 0.1) is 18.3 Å². The first-order valence-corrected chi connectivity index (χ1v) is 7.15. The number of hydrogen-bond acceptors (Lipinski definition) is 6. The van der Waals surface area contributed by atoms with E-state index in [-0.39, 0.29) is 22.8 Å². The van der Waals surface area contributed by atoms with Gasteiger partial charge in [0.2, 0.25) is 5.88 Å². The molecule has 0 fully saturated rings. The summed E-state index contributed by atoms with van der Waals surface area (Å²) in [5, 5.41) is 19.4. The number of ether oxygens (including phenoxy) is 2. The molecule has 3 N–H and O–H groups in total. The van der Waals surface area contributed by atoms with Crippen LogP contribution in [0.4, 0.5) is 0 Å². The SMILES string of the molecule is COc1ccc([C@@H]2C(C#N)=C(N)Oc3cc(C)n(O)c(=O)c32)cc1. The summed E-state index contributed by atoms with van der Waals surface area (Å²) in [6, 6.07) is 10.4. The number of allylic oxidation sites excluding steroid dienone is 1. The maximum atomic E-state index is 12.5. The largest absolute Gasteiger partial charge is 0.497 e. The molecule has 1 aromatic heterocycles. The van der Waals surface area contributed by atoms with Crippen molar-refractivity contribution in [2.75, 3.05) is 7.11 Å². The molecule has 0 saturated heterocycles. The fourth-order valence-corrected chi connectivity index (χ4v) is 2.77. The van der Waals surface area contributed by atoms with Gasteiger partial charge < -0.3 is 20.4 Å². The molecule has 0 radical (unpaired) electrons. The molecule has 1 aliphatic heterocycles. The second-order valence-corrected chi connectivity index (χ2v) is 5.38. The van der Waals surface area contributed by atoms with E-state index in [4.69, 9.17) is 15.2 Å². The van der Waals surface area contributed by atoms with E-state index in [0.29, 0.717) is 21.7 Å². The Labute approximate surface area is 137 Å². The van der Waals surface area contributed by atoms with Crippen LogP contribution in [0.5, 0.6) is 11.5 Å². The fourth-order valence-electron chi connectivity index (χ4n) is 2.77. The lowest BCUT2D eigenvalue weighted by Crippen LogP contribution is -2.31. The van der Waals surface area contributed by atoms with Crippen LogP contribution in [0.3, 0.4) is 0 Å². The van der Waals surface area contributed by atoms with Gasteiger partial charge in [-0.15, -0.1) is 0 Å². The summed E-state index contributed by atoms with van der Waals surface area (Å²) >= 11 is 0. The fraction of sp³-hybridized carbons (Fsp3) is 0.176. The van der Waals surface area contributed by atoms with Gasteiger partial charge in [-0.3, -0.25) is 4.79 Å². The Bertz CT molecular complexity index is 936. The van der Waals surface area contributed by atoms with Crippen molar-refractivity contribution < 1.29 is 14.7 Å². The maximum Gasteiger partial charge on any atom is 0.291 e. The Morgan fingerprint density at radius 3 is 2.62 bits per heavy atom. The number of methoxy groups -OCH3 is 1. The van der Waals surface area contributed by atoms with Crippen molar-refractivity contribution in [1.82, 2.24) is 4.73 Å². The third-order valence-corrected chi connectivity index (χ3v) is 3.99. The second kappa shape index (κ2) is 5.66. The number of rotatable bonds is 2. The minimum absolute atomic E-state index is 0.0553. The Morgan fingerprint density at radius 1 is 1.38 bits per heavy atom. The zero-order valence-corrected chi connectivity index (χ0v) is 13.1. The molecule has 24 heavy (non-hydrogen) atoms. The third-order valence-electron chi connectivity index (χ3n) is 3.99. The van der Waals surface area contributed by atoms with Crippen LogP contribution >= 0.6 is 0 Å². The Hall–Kier alpha value is -3.40. The van der Waals surface area contributed by atoms with Crippen LogP contribution in [0.15, 0.2) is 46.6 Å². The van der Waals surface area contributed by atoms with Gasteiger partial charge in [0.15, 0.2) is 0 Å². The quantitative estimate of drug-likeness (QED) is 0.812. The molecule has 2 aromatic rings. The first kappa shape index (κ1) is 15.5. The minimum atomic E-state index is -0.726. The van der Waals surface area contributed by atoms with E-state index in [1.165, 1.54) is 6.07 Å². The van der Waals surface area contributed by atoms with E-state index < -0.39 is 11.5 Å². The van der Waals surface area contributed by atoms with Gasteiger partial charge in [0, 0.05) is 6.07 Å². The smallest absolute Gasteiger partial charge is 0.291 e. The van der Waals surface area contributed by atoms with E-state index in [9.17, 15) is 15.3 Å². The standard InChI is InChI=1S/C17H15N3O4/c1-9-7-13-15(17(21)20(9)22)14(12(8-18)16(19)24-13)10-3-5-11(23-2)6-4-10/h3-7,14,22H,19H2,1-2H3/t14-/m1/s1. The molecule has 7 nitrogen and oxygen atoms in total. The predicted octanol–water partition coefficient (Wildman–Crippen LogP) is 1.62. The number of aryl methyl sites for hydroxylation is 1. The number of nitriles is 1. The number of benzene rings is 1. The van der Waals surface area contributed by atoms with Crippen LogP contribution in [-0.4, -0.2) is 17.0 Å². The van der Waals surface area contributed by atoms with Gasteiger partial charge in [0.05, 0.1) is 24.3 Å². The molecule has 1 atom stereocenters. The molecular formula is C17H15N3O4. The number of nitrogens with zero attached hydrogens (tertiary/aromatic N) is 2. The third kappa shape index (κ3) is 2.25. The Kier molecular flexibility index (Phi) is 3.66. The van der Waals surface area contributed by atoms with Gasteiger partial charge in [-0.2, -0.15) is 9.99 Å². The average molecular weight is 325 g/mol. The molecular weight excluding hydrogens is 310 g/mol. The zero-order chi connectivity index (χ0) is 17.4. The van der Waals surface area contributed by atoms with Crippen LogP contribution in [0.1, 0.15) is 22.7 Å². The predicted molar refractivity (Wildman–Crippen MR) is 84.9 cm³/mol. The molecule has 2 heterocycles. The molecule has 122 valence electrons. The molecule has 1 aliphatic rings. The number of aromatic nitrogens is 1. The number of fused-ring (bicyclic) bond motifs is 1. The lowest BCUT2D eigenvalue weighted by Gasteiger charge is -2.26. The van der Waals surface area contributed by atoms with Crippen molar-refractivity contribution in [2.45, 2.75) is 12.8 Å². The van der Waals surface area contributed by atoms with Crippen molar-refractivity contribution in [3.05, 3.63) is 69.0 Å². The number of hydrogen-bond donors (Lipinski definition) is 2. The van der Waals surface area contributed by atoms with Gasteiger partial charge in [-0.05, 0) is 24.6 Å². The van der Waals surface area contributed by atoms with E-state index in [2.05, 4.69) is 0 Å². The highest BCUT2D eigenvalue weighted by Crippen LogP contribution is 2.40. The molecule has 7 heteroatoms. The highest BCUT2D eigenvalue weighted by molar-refractivity contribution is 5.55. The summed E-state index contributed by atoms with van der Waals surface area (Å²) in [6.07, 6.45) is 0. The van der Waals surface area contributed by atoms with Gasteiger partial charge in [0.25, 0.3) is 5.56 Å². The lowest BCUT2D eigenvalue weighted by molar-refractivity contribution is 0.165. The van der Waals surface area contributed by atoms with E-state index >= 15 is 0 Å². The molecule has 0 amide bonds. The monoisotopic (exact) mass is 325 g/mol. The summed E-state index contributed by atoms with van der Waals surface area (Å²) in [5.41, 5.74) is 6.48. The van der Waals surface area contributed by atoms with Crippen molar-refractivity contribution in [3.63, 3.8) is 0 Å². The molecule has 0 aliphatic carbocycles. The van der Waals surface area contributed by atoms with Crippen LogP contribution < -0.4 is 20.8 Å². The first-order chi connectivity index (χ1) is 11.5. The highest BCUT2D eigenvalue weighted by atomic mass is 16.5. The van der Waals surface area contributed by atoms with Gasteiger partial charge in [0.1, 0.15) is 23.1 Å². The molecule has 0 unspecified atom stereocenters. The summed E-state index contributed by atoms with van der Waals surface area (Å²) in [6.45, 7) is 1.56. The van der Waals surface area contributed by atoms with E-state index in [1.54, 1.807) is 38.3 Å². The van der Waals surface area contributed by atoms with Crippen LogP contribution in [0.25, 0.3) is 0 Å². The summed E-state index contributed by atoms with van der Waals surface area (Å²) in [7, 11) is 1.55. The van der Waals surface area contributed by atoms with E-state index in [1.807, 2.05) is 6.07 Å². The normalized spacial score (nSPS) is 16.1. The molecule has 3 rings (SSSR count). The topological polar surface area (TPSA) is 110 Å². The molecule has 0 bridgehead atoms. The summed E-state index contributed by atoms with van der Waals surface area (Å²) in [4.78, 5) is 12.5. The average Bonchev–Trinajstić information content (AvgIpc) is 2.59. The highest BCUT2D eigenvalue weighted by Gasteiger charge is 2.34. The van der Waals surface area contributed by atoms with Gasteiger partial charge in [-0.25, -0.2) is 0 Å².